The molecule has 0 aliphatic carbocycles. The van der Waals surface area contributed by atoms with E-state index in [0.29, 0.717) is 12.1 Å². The van der Waals surface area contributed by atoms with Crippen molar-refractivity contribution in [2.75, 3.05) is 6.54 Å². The zero-order valence-electron chi connectivity index (χ0n) is 10.2. The van der Waals surface area contributed by atoms with Crippen LogP contribution in [-0.4, -0.2) is 28.5 Å². The number of carboxylic acid groups (broad SMARTS) is 1. The Bertz CT molecular complexity index is 576. The van der Waals surface area contributed by atoms with Gasteiger partial charge in [0.15, 0.2) is 0 Å². The lowest BCUT2D eigenvalue weighted by atomic mass is 10.1. The van der Waals surface area contributed by atoms with Crippen LogP contribution in [0.25, 0.3) is 0 Å². The molecular formula is C11H10F2N2O5. The molecule has 0 spiro atoms. The molecule has 9 heteroatoms. The molecule has 1 amide bonds. The molecule has 0 fully saturated rings. The van der Waals surface area contributed by atoms with Gasteiger partial charge >= 0.3 is 11.7 Å². The lowest BCUT2D eigenvalue weighted by Gasteiger charge is -2.09. The van der Waals surface area contributed by atoms with Crippen molar-refractivity contribution in [2.45, 2.75) is 6.92 Å². The maximum absolute atomic E-state index is 13.7. The molecule has 0 heterocycles. The summed E-state index contributed by atoms with van der Waals surface area (Å²) in [5, 5.41) is 21.1. The van der Waals surface area contributed by atoms with Crippen LogP contribution in [0.3, 0.4) is 0 Å². The molecule has 0 aromatic heterocycles. The summed E-state index contributed by atoms with van der Waals surface area (Å²) < 4.78 is 27.0. The Balaban J connectivity index is 3.01. The van der Waals surface area contributed by atoms with Gasteiger partial charge < -0.3 is 10.4 Å². The standard InChI is InChI=1S/C11H10F2N2O5/c1-5(11(17)18)4-14-10(16)8-6(12)2-3-7(9(8)13)15(19)20/h2-3,5H,4H2,1H3,(H,14,16)(H,17,18). The Kier molecular flexibility index (Phi) is 4.68. The molecule has 108 valence electrons. The van der Waals surface area contributed by atoms with Gasteiger partial charge in [-0.25, -0.2) is 4.39 Å². The van der Waals surface area contributed by atoms with E-state index in [2.05, 4.69) is 0 Å². The van der Waals surface area contributed by atoms with E-state index < -0.39 is 45.6 Å². The van der Waals surface area contributed by atoms with Crippen LogP contribution < -0.4 is 5.32 Å². The summed E-state index contributed by atoms with van der Waals surface area (Å²) in [5.74, 6) is -6.30. The lowest BCUT2D eigenvalue weighted by molar-refractivity contribution is -0.387. The number of nitro benzene ring substituents is 1. The Morgan fingerprint density at radius 2 is 2.05 bits per heavy atom. The molecule has 0 aliphatic rings. The fourth-order valence-electron chi connectivity index (χ4n) is 1.31. The number of rotatable bonds is 5. The first kappa shape index (κ1) is 15.5. The third-order valence-corrected chi connectivity index (χ3v) is 2.48. The number of aliphatic carboxylic acids is 1. The van der Waals surface area contributed by atoms with E-state index in [9.17, 15) is 28.5 Å². The van der Waals surface area contributed by atoms with Crippen LogP contribution in [0.15, 0.2) is 12.1 Å². The van der Waals surface area contributed by atoms with E-state index >= 15 is 0 Å². The lowest BCUT2D eigenvalue weighted by Crippen LogP contribution is -2.32. The second kappa shape index (κ2) is 6.04. The molecule has 1 aromatic carbocycles. The summed E-state index contributed by atoms with van der Waals surface area (Å²) >= 11 is 0. The van der Waals surface area contributed by atoms with Gasteiger partial charge in [-0.1, -0.05) is 6.92 Å². The Labute approximate surface area is 111 Å². The Hall–Kier alpha value is -2.58. The van der Waals surface area contributed by atoms with Crippen molar-refractivity contribution in [3.63, 3.8) is 0 Å². The highest BCUT2D eigenvalue weighted by Crippen LogP contribution is 2.22. The van der Waals surface area contributed by atoms with Gasteiger partial charge in [-0.05, 0) is 6.07 Å². The predicted molar refractivity (Wildman–Crippen MR) is 62.1 cm³/mol. The van der Waals surface area contributed by atoms with E-state index in [1.54, 1.807) is 0 Å². The molecule has 2 N–H and O–H groups in total. The predicted octanol–water partition coefficient (Wildman–Crippen LogP) is 1.32. The van der Waals surface area contributed by atoms with Crippen LogP contribution in [0.2, 0.25) is 0 Å². The van der Waals surface area contributed by atoms with Crippen molar-refractivity contribution < 1.29 is 28.4 Å². The molecule has 1 unspecified atom stereocenters. The zero-order chi connectivity index (χ0) is 15.4. The third kappa shape index (κ3) is 3.25. The largest absolute Gasteiger partial charge is 0.481 e. The quantitative estimate of drug-likeness (QED) is 0.627. The number of carbonyl (C=O) groups excluding carboxylic acids is 1. The number of hydrogen-bond acceptors (Lipinski definition) is 4. The van der Waals surface area contributed by atoms with Crippen molar-refractivity contribution in [3.05, 3.63) is 39.4 Å². The van der Waals surface area contributed by atoms with Crippen LogP contribution in [0, 0.1) is 27.7 Å². The maximum atomic E-state index is 13.7. The van der Waals surface area contributed by atoms with Gasteiger partial charge in [0.2, 0.25) is 5.82 Å². The van der Waals surface area contributed by atoms with Gasteiger partial charge in [-0.2, -0.15) is 4.39 Å². The number of amides is 1. The highest BCUT2D eigenvalue weighted by atomic mass is 19.1. The second-order valence-electron chi connectivity index (χ2n) is 3.96. The molecule has 0 aliphatic heterocycles. The first-order chi connectivity index (χ1) is 9.25. The van der Waals surface area contributed by atoms with Crippen LogP contribution in [0.1, 0.15) is 17.3 Å². The fourth-order valence-corrected chi connectivity index (χ4v) is 1.31. The van der Waals surface area contributed by atoms with Crippen LogP contribution >= 0.6 is 0 Å². The van der Waals surface area contributed by atoms with E-state index in [0.717, 1.165) is 0 Å². The number of nitrogens with zero attached hydrogens (tertiary/aromatic N) is 1. The van der Waals surface area contributed by atoms with E-state index in [1.807, 2.05) is 5.32 Å². The summed E-state index contributed by atoms with van der Waals surface area (Å²) in [6.45, 7) is 0.915. The van der Waals surface area contributed by atoms with Crippen LogP contribution in [0.4, 0.5) is 14.5 Å². The summed E-state index contributed by atoms with van der Waals surface area (Å²) in [6.07, 6.45) is 0. The van der Waals surface area contributed by atoms with Crippen molar-refractivity contribution in [1.82, 2.24) is 5.32 Å². The SMILES string of the molecule is CC(CNC(=O)c1c(F)ccc([N+](=O)[O-])c1F)C(=O)O. The molecule has 0 saturated heterocycles. The van der Waals surface area contributed by atoms with Crippen molar-refractivity contribution in [2.24, 2.45) is 5.92 Å². The number of carboxylic acids is 1. The van der Waals surface area contributed by atoms with Crippen molar-refractivity contribution >= 4 is 17.6 Å². The zero-order valence-corrected chi connectivity index (χ0v) is 10.2. The smallest absolute Gasteiger partial charge is 0.308 e. The van der Waals surface area contributed by atoms with Gasteiger partial charge in [-0.15, -0.1) is 0 Å². The van der Waals surface area contributed by atoms with E-state index in [4.69, 9.17) is 5.11 Å². The van der Waals surface area contributed by atoms with E-state index in [-0.39, 0.29) is 6.54 Å². The van der Waals surface area contributed by atoms with Crippen molar-refractivity contribution in [3.8, 4) is 0 Å². The second-order valence-corrected chi connectivity index (χ2v) is 3.96. The van der Waals surface area contributed by atoms with Crippen LogP contribution in [0.5, 0.6) is 0 Å². The highest BCUT2D eigenvalue weighted by Gasteiger charge is 2.26. The summed E-state index contributed by atoms with van der Waals surface area (Å²) in [7, 11) is 0. The molecule has 0 bridgehead atoms. The summed E-state index contributed by atoms with van der Waals surface area (Å²) in [6, 6.07) is 1.19. The molecular weight excluding hydrogens is 278 g/mol. The van der Waals surface area contributed by atoms with Gasteiger partial charge in [0.25, 0.3) is 5.91 Å². The molecule has 1 aromatic rings. The first-order valence-corrected chi connectivity index (χ1v) is 5.39. The molecule has 0 radical (unpaired) electrons. The highest BCUT2D eigenvalue weighted by molar-refractivity contribution is 5.95. The molecule has 20 heavy (non-hydrogen) atoms. The minimum Gasteiger partial charge on any atom is -0.481 e. The monoisotopic (exact) mass is 288 g/mol. The average Bonchev–Trinajstić information content (AvgIpc) is 2.35. The van der Waals surface area contributed by atoms with Crippen LogP contribution in [-0.2, 0) is 4.79 Å². The minimum absolute atomic E-state index is 0.365. The molecule has 1 rings (SSSR count). The fraction of sp³-hybridized carbons (Fsp3) is 0.273. The Morgan fingerprint density at radius 3 is 2.55 bits per heavy atom. The normalized spacial score (nSPS) is 11.8. The van der Waals surface area contributed by atoms with Crippen molar-refractivity contribution in [1.29, 1.82) is 0 Å². The number of carbonyl (C=O) groups is 2. The maximum Gasteiger partial charge on any atom is 0.308 e. The van der Waals surface area contributed by atoms with Gasteiger partial charge in [0.05, 0.1) is 10.8 Å². The molecule has 7 nitrogen and oxygen atoms in total. The topological polar surface area (TPSA) is 110 Å². The number of halogens is 2. The summed E-state index contributed by atoms with van der Waals surface area (Å²) in [5.41, 5.74) is -2.15. The minimum atomic E-state index is -1.60. The van der Waals surface area contributed by atoms with Gasteiger partial charge in [0, 0.05) is 12.6 Å². The molecule has 0 saturated carbocycles. The number of nitro groups is 1. The number of nitrogens with one attached hydrogen (secondary N) is 1. The first-order valence-electron chi connectivity index (χ1n) is 5.39. The van der Waals surface area contributed by atoms with Gasteiger partial charge in [-0.3, -0.25) is 19.7 Å². The van der Waals surface area contributed by atoms with Gasteiger partial charge in [0.1, 0.15) is 11.4 Å². The number of hydrogen-bond donors (Lipinski definition) is 2. The summed E-state index contributed by atoms with van der Waals surface area (Å²) in [4.78, 5) is 31.5. The average molecular weight is 288 g/mol. The Morgan fingerprint density at radius 1 is 1.45 bits per heavy atom. The van der Waals surface area contributed by atoms with E-state index in [1.165, 1.54) is 6.92 Å². The molecule has 1 atom stereocenters. The third-order valence-electron chi connectivity index (χ3n) is 2.48. The number of benzene rings is 1.